The summed E-state index contributed by atoms with van der Waals surface area (Å²) in [4.78, 5) is 36.0. The van der Waals surface area contributed by atoms with E-state index in [-0.39, 0.29) is 18.0 Å². The van der Waals surface area contributed by atoms with E-state index in [0.29, 0.717) is 58.5 Å². The van der Waals surface area contributed by atoms with Crippen molar-refractivity contribution in [2.75, 3.05) is 25.9 Å². The van der Waals surface area contributed by atoms with Crippen LogP contribution >= 0.6 is 11.6 Å². The molecule has 42 heavy (non-hydrogen) atoms. The van der Waals surface area contributed by atoms with Gasteiger partial charge in [-0.2, -0.15) is 5.10 Å². The fraction of sp³-hybridized carbons (Fsp3) is 0.367. The lowest BCUT2D eigenvalue weighted by molar-refractivity contribution is 0.0169. The van der Waals surface area contributed by atoms with Gasteiger partial charge in [0.2, 0.25) is 0 Å². The Morgan fingerprint density at radius 3 is 2.62 bits per heavy atom. The number of nitrogens with two attached hydrogens (primary N) is 1. The zero-order valence-electron chi connectivity index (χ0n) is 24.1. The molecule has 0 saturated carbocycles. The zero-order valence-corrected chi connectivity index (χ0v) is 24.8. The molecule has 0 bridgehead atoms. The largest absolute Gasteiger partial charge is 0.496 e. The van der Waals surface area contributed by atoms with Crippen molar-refractivity contribution in [3.05, 3.63) is 64.9 Å². The fourth-order valence-corrected chi connectivity index (χ4v) is 5.17. The number of amides is 2. The van der Waals surface area contributed by atoms with Gasteiger partial charge in [-0.1, -0.05) is 35.9 Å². The molecule has 2 amide bonds. The number of nitrogen functional groups attached to an aromatic ring is 1. The zero-order chi connectivity index (χ0) is 30.0. The van der Waals surface area contributed by atoms with E-state index in [4.69, 9.17) is 31.9 Å². The molecule has 5 rings (SSSR count). The quantitative estimate of drug-likeness (QED) is 0.310. The first-order valence-electron chi connectivity index (χ1n) is 13.7. The van der Waals surface area contributed by atoms with Crippen LogP contribution in [0.15, 0.2) is 48.8 Å². The molecular weight excluding hydrogens is 558 g/mol. The Balaban J connectivity index is 1.36. The molecule has 11 nitrogen and oxygen atoms in total. The second-order valence-electron chi connectivity index (χ2n) is 11.2. The van der Waals surface area contributed by atoms with Gasteiger partial charge in [0, 0.05) is 30.2 Å². The van der Waals surface area contributed by atoms with Crippen molar-refractivity contribution in [1.29, 1.82) is 0 Å². The highest BCUT2D eigenvalue weighted by molar-refractivity contribution is 6.30. The molecule has 1 aliphatic heterocycles. The maximum Gasteiger partial charge on any atom is 0.410 e. The van der Waals surface area contributed by atoms with Crippen LogP contribution in [0.3, 0.4) is 0 Å². The van der Waals surface area contributed by atoms with Crippen molar-refractivity contribution in [2.45, 2.75) is 51.8 Å². The van der Waals surface area contributed by atoms with Gasteiger partial charge in [0.05, 0.1) is 24.1 Å². The summed E-state index contributed by atoms with van der Waals surface area (Å²) in [5, 5.41) is 9.01. The van der Waals surface area contributed by atoms with Gasteiger partial charge in [0.25, 0.3) is 5.91 Å². The van der Waals surface area contributed by atoms with Crippen LogP contribution < -0.4 is 15.8 Å². The average molecular weight is 592 g/mol. The Morgan fingerprint density at radius 1 is 1.14 bits per heavy atom. The molecular formula is C30H34ClN7O4. The first kappa shape index (κ1) is 29.1. The highest BCUT2D eigenvalue weighted by Crippen LogP contribution is 2.34. The van der Waals surface area contributed by atoms with Crippen LogP contribution in [0.5, 0.6) is 5.75 Å². The van der Waals surface area contributed by atoms with E-state index in [2.05, 4.69) is 15.3 Å². The molecule has 0 aliphatic carbocycles. The van der Waals surface area contributed by atoms with Crippen molar-refractivity contribution < 1.29 is 19.1 Å². The Labute approximate surface area is 249 Å². The fourth-order valence-electron chi connectivity index (χ4n) is 5.01. The summed E-state index contributed by atoms with van der Waals surface area (Å²) in [6.45, 7) is 6.96. The number of methoxy groups -OCH3 is 1. The molecule has 2 aromatic heterocycles. The van der Waals surface area contributed by atoms with E-state index in [1.54, 1.807) is 23.1 Å². The highest BCUT2D eigenvalue weighted by atomic mass is 35.5. The third kappa shape index (κ3) is 6.25. The average Bonchev–Trinajstić information content (AvgIpc) is 3.36. The number of nitrogens with one attached hydrogen (secondary N) is 1. The predicted molar refractivity (Wildman–Crippen MR) is 160 cm³/mol. The summed E-state index contributed by atoms with van der Waals surface area (Å²) in [5.41, 5.74) is 9.14. The van der Waals surface area contributed by atoms with E-state index >= 15 is 0 Å². The number of anilines is 1. The van der Waals surface area contributed by atoms with Crippen LogP contribution in [0.4, 0.5) is 10.6 Å². The lowest BCUT2D eigenvalue weighted by Crippen LogP contribution is -2.43. The number of aromatic nitrogens is 4. The lowest BCUT2D eigenvalue weighted by Gasteiger charge is -2.34. The number of benzene rings is 2. The van der Waals surface area contributed by atoms with Gasteiger partial charge >= 0.3 is 6.09 Å². The molecule has 4 aromatic rings. The van der Waals surface area contributed by atoms with E-state index < -0.39 is 5.60 Å². The van der Waals surface area contributed by atoms with Gasteiger partial charge < -0.3 is 25.4 Å². The standard InChI is InChI=1S/C30H34ClN7O4/c1-30(2,3)42-29(40)37-13-5-6-21(16-37)38-27-24(26(32)34-17-35-27)25(36-38)19-9-7-18(8-10-19)15-33-28(39)22-12-11-20(31)14-23(22)41-4/h7-12,14,17,21H,5-6,13,15-16H2,1-4H3,(H,33,39)(H2,32,34,35)/t21-/m1/s1. The Morgan fingerprint density at radius 2 is 1.90 bits per heavy atom. The summed E-state index contributed by atoms with van der Waals surface area (Å²) in [6, 6.07) is 12.5. The van der Waals surface area contributed by atoms with Gasteiger partial charge in [0.15, 0.2) is 5.65 Å². The topological polar surface area (TPSA) is 137 Å². The molecule has 0 unspecified atom stereocenters. The third-order valence-electron chi connectivity index (χ3n) is 7.00. The number of rotatable bonds is 6. The first-order chi connectivity index (χ1) is 20.0. The van der Waals surface area contributed by atoms with Crippen LogP contribution in [0.2, 0.25) is 5.02 Å². The SMILES string of the molecule is COc1cc(Cl)ccc1C(=O)NCc1ccc(-c2nn([C@@H]3CCCN(C(=O)OC(C)(C)C)C3)c3ncnc(N)c23)cc1. The molecule has 1 saturated heterocycles. The predicted octanol–water partition coefficient (Wildman–Crippen LogP) is 5.24. The summed E-state index contributed by atoms with van der Waals surface area (Å²) < 4.78 is 12.7. The van der Waals surface area contributed by atoms with Crippen molar-refractivity contribution in [2.24, 2.45) is 0 Å². The number of carbonyl (C=O) groups is 2. The van der Waals surface area contributed by atoms with Gasteiger partial charge in [-0.25, -0.2) is 19.4 Å². The number of ether oxygens (including phenoxy) is 2. The molecule has 0 radical (unpaired) electrons. The van der Waals surface area contributed by atoms with Gasteiger partial charge in [-0.3, -0.25) is 4.79 Å². The van der Waals surface area contributed by atoms with E-state index in [0.717, 1.165) is 24.0 Å². The lowest BCUT2D eigenvalue weighted by atomic mass is 10.1. The van der Waals surface area contributed by atoms with Crippen molar-refractivity contribution in [3.63, 3.8) is 0 Å². The molecule has 220 valence electrons. The highest BCUT2D eigenvalue weighted by Gasteiger charge is 2.31. The second-order valence-corrected chi connectivity index (χ2v) is 11.6. The van der Waals surface area contributed by atoms with E-state index in [1.165, 1.54) is 13.4 Å². The maximum atomic E-state index is 12.8. The Hall–Kier alpha value is -4.38. The van der Waals surface area contributed by atoms with Crippen LogP contribution in [0.25, 0.3) is 22.3 Å². The Kier molecular flexibility index (Phi) is 8.22. The van der Waals surface area contributed by atoms with E-state index in [9.17, 15) is 9.59 Å². The number of hydrogen-bond acceptors (Lipinski definition) is 8. The number of fused-ring (bicyclic) bond motifs is 1. The number of piperidine rings is 1. The van der Waals surface area contributed by atoms with Crippen LogP contribution in [0, 0.1) is 0 Å². The smallest absolute Gasteiger partial charge is 0.410 e. The minimum atomic E-state index is -0.574. The van der Waals surface area contributed by atoms with Crippen molar-refractivity contribution in [3.8, 4) is 17.0 Å². The van der Waals surface area contributed by atoms with Gasteiger partial charge in [-0.05, 0) is 57.4 Å². The number of halogens is 1. The van der Waals surface area contributed by atoms with Crippen LogP contribution in [-0.2, 0) is 11.3 Å². The van der Waals surface area contributed by atoms with E-state index in [1.807, 2.05) is 49.7 Å². The van der Waals surface area contributed by atoms with Gasteiger partial charge in [-0.15, -0.1) is 0 Å². The van der Waals surface area contributed by atoms with Crippen molar-refractivity contribution in [1.82, 2.24) is 30.0 Å². The summed E-state index contributed by atoms with van der Waals surface area (Å²) >= 11 is 6.02. The summed E-state index contributed by atoms with van der Waals surface area (Å²) in [7, 11) is 1.50. The third-order valence-corrected chi connectivity index (χ3v) is 7.24. The summed E-state index contributed by atoms with van der Waals surface area (Å²) in [6.07, 6.45) is 2.73. The van der Waals surface area contributed by atoms with Crippen LogP contribution in [-0.4, -0.2) is 62.4 Å². The number of nitrogens with zero attached hydrogens (tertiary/aromatic N) is 5. The maximum absolute atomic E-state index is 12.8. The monoisotopic (exact) mass is 591 g/mol. The molecule has 12 heteroatoms. The molecule has 1 atom stereocenters. The van der Waals surface area contributed by atoms with Crippen molar-refractivity contribution >= 4 is 40.5 Å². The number of hydrogen-bond donors (Lipinski definition) is 2. The molecule has 1 aliphatic rings. The minimum Gasteiger partial charge on any atom is -0.496 e. The summed E-state index contributed by atoms with van der Waals surface area (Å²) in [5.74, 6) is 0.467. The minimum absolute atomic E-state index is 0.101. The van der Waals surface area contributed by atoms with Crippen LogP contribution in [0.1, 0.15) is 55.6 Å². The normalized spacial score (nSPS) is 15.5. The molecule has 1 fully saturated rings. The van der Waals surface area contributed by atoms with Gasteiger partial charge in [0.1, 0.15) is 29.2 Å². The molecule has 2 aromatic carbocycles. The second kappa shape index (κ2) is 11.8. The molecule has 3 N–H and O–H groups in total. The number of carbonyl (C=O) groups excluding carboxylic acids is 2. The number of likely N-dealkylation sites (tertiary alicyclic amines) is 1. The molecule has 3 heterocycles. The Bertz CT molecular complexity index is 1610. The first-order valence-corrected chi connectivity index (χ1v) is 14.1. The molecule has 0 spiro atoms.